The zero-order valence-electron chi connectivity index (χ0n) is 12.4. The first kappa shape index (κ1) is 16.1. The highest BCUT2D eigenvalue weighted by Gasteiger charge is 2.19. The average Bonchev–Trinajstić information content (AvgIpc) is 2.97. The third kappa shape index (κ3) is 3.31. The van der Waals surface area contributed by atoms with Gasteiger partial charge in [-0.3, -0.25) is 4.79 Å². The van der Waals surface area contributed by atoms with E-state index < -0.39 is 15.9 Å². The fraction of sp³-hybridized carbons (Fsp3) is 0.308. The Morgan fingerprint density at radius 3 is 2.45 bits per heavy atom. The number of carbonyl (C=O) groups excluding carboxylic acids is 1. The number of aromatic nitrogens is 2. The summed E-state index contributed by atoms with van der Waals surface area (Å²) in [6.07, 6.45) is 1.46. The molecule has 8 nitrogen and oxygen atoms in total. The highest BCUT2D eigenvalue weighted by Crippen LogP contribution is 2.14. The first-order valence-corrected chi connectivity index (χ1v) is 7.92. The van der Waals surface area contributed by atoms with Crippen LogP contribution in [-0.4, -0.2) is 31.3 Å². The minimum Gasteiger partial charge on any atom is -0.438 e. The predicted molar refractivity (Wildman–Crippen MR) is 77.6 cm³/mol. The van der Waals surface area contributed by atoms with Crippen LogP contribution in [0.25, 0.3) is 0 Å². The molecule has 2 rings (SSSR count). The summed E-state index contributed by atoms with van der Waals surface area (Å²) in [4.78, 5) is 20.1. The number of furan rings is 1. The van der Waals surface area contributed by atoms with Crippen LogP contribution < -0.4 is 10.0 Å². The van der Waals surface area contributed by atoms with Gasteiger partial charge in [-0.15, -0.1) is 0 Å². The number of sulfonamides is 1. The largest absolute Gasteiger partial charge is 0.438 e. The summed E-state index contributed by atoms with van der Waals surface area (Å²) in [5, 5.41) is 2.34. The van der Waals surface area contributed by atoms with E-state index in [2.05, 4.69) is 20.0 Å². The molecule has 2 N–H and O–H groups in total. The van der Waals surface area contributed by atoms with E-state index in [9.17, 15) is 13.2 Å². The van der Waals surface area contributed by atoms with Crippen LogP contribution in [0.15, 0.2) is 28.0 Å². The molecule has 9 heteroatoms. The minimum atomic E-state index is -3.71. The smallest absolute Gasteiger partial charge is 0.287 e. The number of amides is 1. The number of hydrogen-bond acceptors (Lipinski definition) is 6. The van der Waals surface area contributed by atoms with Crippen LogP contribution in [-0.2, 0) is 16.6 Å². The standard InChI is InChI=1S/C13H16N4O4S/c1-8-10(9(2)17-7-16-8)6-15-13(18)11-4-5-12(21-11)22(19,20)14-3/h4-5,7,14H,6H2,1-3H3,(H,15,18). The third-order valence-electron chi connectivity index (χ3n) is 3.14. The van der Waals surface area contributed by atoms with Gasteiger partial charge in [0.25, 0.3) is 15.9 Å². The van der Waals surface area contributed by atoms with Crippen molar-refractivity contribution < 1.29 is 17.6 Å². The Bertz CT molecular complexity index is 778. The molecule has 1 amide bonds. The van der Waals surface area contributed by atoms with Gasteiger partial charge < -0.3 is 9.73 Å². The summed E-state index contributed by atoms with van der Waals surface area (Å²) in [6.45, 7) is 3.87. The van der Waals surface area contributed by atoms with Crippen molar-refractivity contribution >= 4 is 15.9 Å². The molecule has 0 saturated carbocycles. The van der Waals surface area contributed by atoms with Crippen LogP contribution in [0, 0.1) is 13.8 Å². The lowest BCUT2D eigenvalue weighted by molar-refractivity contribution is 0.0917. The molecular formula is C13H16N4O4S. The molecule has 0 aliphatic carbocycles. The first-order chi connectivity index (χ1) is 10.3. The van der Waals surface area contributed by atoms with E-state index in [0.29, 0.717) is 0 Å². The summed E-state index contributed by atoms with van der Waals surface area (Å²) in [6, 6.07) is 2.53. The van der Waals surface area contributed by atoms with Crippen molar-refractivity contribution in [3.63, 3.8) is 0 Å². The quantitative estimate of drug-likeness (QED) is 0.829. The number of nitrogens with zero attached hydrogens (tertiary/aromatic N) is 2. The van der Waals surface area contributed by atoms with Gasteiger partial charge in [0.15, 0.2) is 5.76 Å². The third-order valence-corrected chi connectivity index (χ3v) is 4.43. The topological polar surface area (TPSA) is 114 Å². The second-order valence-electron chi connectivity index (χ2n) is 4.53. The molecular weight excluding hydrogens is 308 g/mol. The molecule has 22 heavy (non-hydrogen) atoms. The Labute approximate surface area is 128 Å². The minimum absolute atomic E-state index is 0.0824. The van der Waals surface area contributed by atoms with Gasteiger partial charge in [-0.2, -0.15) is 0 Å². The fourth-order valence-electron chi connectivity index (χ4n) is 1.82. The normalized spacial score (nSPS) is 11.4. The molecule has 2 aromatic rings. The van der Waals surface area contributed by atoms with Gasteiger partial charge >= 0.3 is 0 Å². The molecule has 0 aliphatic heterocycles. The zero-order valence-corrected chi connectivity index (χ0v) is 13.2. The highest BCUT2D eigenvalue weighted by molar-refractivity contribution is 7.89. The predicted octanol–water partition coefficient (Wildman–Crippen LogP) is 0.525. The Morgan fingerprint density at radius 2 is 1.86 bits per heavy atom. The summed E-state index contributed by atoms with van der Waals surface area (Å²) in [5.41, 5.74) is 2.35. The fourth-order valence-corrected chi connectivity index (χ4v) is 2.47. The van der Waals surface area contributed by atoms with E-state index in [-0.39, 0.29) is 17.4 Å². The van der Waals surface area contributed by atoms with Crippen molar-refractivity contribution in [3.05, 3.63) is 41.2 Å². The van der Waals surface area contributed by atoms with E-state index in [1.165, 1.54) is 25.5 Å². The molecule has 0 bridgehead atoms. The molecule has 118 valence electrons. The van der Waals surface area contributed by atoms with Crippen molar-refractivity contribution in [2.75, 3.05) is 7.05 Å². The van der Waals surface area contributed by atoms with Crippen molar-refractivity contribution in [3.8, 4) is 0 Å². The van der Waals surface area contributed by atoms with Gasteiger partial charge in [0.05, 0.1) is 0 Å². The van der Waals surface area contributed by atoms with Crippen LogP contribution in [0.2, 0.25) is 0 Å². The lowest BCUT2D eigenvalue weighted by Gasteiger charge is -2.08. The van der Waals surface area contributed by atoms with Crippen molar-refractivity contribution in [2.24, 2.45) is 0 Å². The Hall–Kier alpha value is -2.26. The number of rotatable bonds is 5. The number of carbonyl (C=O) groups is 1. The summed E-state index contributed by atoms with van der Waals surface area (Å²) in [7, 11) is -2.45. The second kappa shape index (κ2) is 6.24. The number of hydrogen-bond donors (Lipinski definition) is 2. The molecule has 2 heterocycles. The zero-order chi connectivity index (χ0) is 16.3. The Morgan fingerprint density at radius 1 is 1.23 bits per heavy atom. The van der Waals surface area contributed by atoms with Gasteiger partial charge in [-0.25, -0.2) is 23.1 Å². The van der Waals surface area contributed by atoms with Gasteiger partial charge in [0, 0.05) is 23.5 Å². The maximum atomic E-state index is 12.0. The van der Waals surface area contributed by atoms with Crippen LogP contribution in [0.4, 0.5) is 0 Å². The van der Waals surface area contributed by atoms with E-state index >= 15 is 0 Å². The summed E-state index contributed by atoms with van der Waals surface area (Å²) in [5.74, 6) is -0.596. The van der Waals surface area contributed by atoms with Crippen molar-refractivity contribution in [2.45, 2.75) is 25.5 Å². The van der Waals surface area contributed by atoms with E-state index in [0.717, 1.165) is 17.0 Å². The van der Waals surface area contributed by atoms with Gasteiger partial charge in [-0.1, -0.05) is 0 Å². The molecule has 0 atom stereocenters. The van der Waals surface area contributed by atoms with Crippen molar-refractivity contribution in [1.82, 2.24) is 20.0 Å². The Balaban J connectivity index is 2.11. The molecule has 2 aromatic heterocycles. The van der Waals surface area contributed by atoms with Crippen LogP contribution in [0.5, 0.6) is 0 Å². The van der Waals surface area contributed by atoms with E-state index in [1.54, 1.807) is 0 Å². The van der Waals surface area contributed by atoms with Gasteiger partial charge in [-0.05, 0) is 33.0 Å². The average molecular weight is 324 g/mol. The van der Waals surface area contributed by atoms with Crippen LogP contribution in [0.3, 0.4) is 0 Å². The van der Waals surface area contributed by atoms with E-state index in [4.69, 9.17) is 4.42 Å². The second-order valence-corrected chi connectivity index (χ2v) is 6.35. The number of nitrogens with one attached hydrogen (secondary N) is 2. The van der Waals surface area contributed by atoms with Gasteiger partial charge in [0.1, 0.15) is 6.33 Å². The van der Waals surface area contributed by atoms with Gasteiger partial charge in [0.2, 0.25) is 5.09 Å². The molecule has 0 aromatic carbocycles. The van der Waals surface area contributed by atoms with E-state index in [1.807, 2.05) is 13.8 Å². The first-order valence-electron chi connectivity index (χ1n) is 6.44. The maximum Gasteiger partial charge on any atom is 0.287 e. The lowest BCUT2D eigenvalue weighted by Crippen LogP contribution is -2.24. The maximum absolute atomic E-state index is 12.0. The van der Waals surface area contributed by atoms with Crippen molar-refractivity contribution in [1.29, 1.82) is 0 Å². The Kier molecular flexibility index (Phi) is 4.57. The van der Waals surface area contributed by atoms with Crippen LogP contribution in [0.1, 0.15) is 27.5 Å². The molecule has 0 unspecified atom stereocenters. The molecule has 0 saturated heterocycles. The molecule has 0 spiro atoms. The molecule has 0 fully saturated rings. The number of aryl methyl sites for hydroxylation is 2. The SMILES string of the molecule is CNS(=O)(=O)c1ccc(C(=O)NCc2c(C)ncnc2C)o1. The monoisotopic (exact) mass is 324 g/mol. The summed E-state index contributed by atoms with van der Waals surface area (Å²) >= 11 is 0. The van der Waals surface area contributed by atoms with Crippen LogP contribution >= 0.6 is 0 Å². The summed E-state index contributed by atoms with van der Waals surface area (Å²) < 4.78 is 30.3. The highest BCUT2D eigenvalue weighted by atomic mass is 32.2. The molecule has 0 radical (unpaired) electrons. The lowest BCUT2D eigenvalue weighted by atomic mass is 10.2. The molecule has 0 aliphatic rings.